The number of nitrogens with zero attached hydrogens (tertiary/aromatic N) is 2. The molecule has 0 radical (unpaired) electrons. The number of benzene rings is 8. The number of nitrogens with one attached hydrogen (secondary N) is 1. The van der Waals surface area contributed by atoms with Crippen molar-refractivity contribution in [1.29, 1.82) is 0 Å². The van der Waals surface area contributed by atoms with Gasteiger partial charge in [-0.15, -0.1) is 0 Å². The van der Waals surface area contributed by atoms with Crippen molar-refractivity contribution in [3.8, 4) is 33.4 Å². The fourth-order valence-corrected chi connectivity index (χ4v) is 6.98. The molecule has 0 amide bonds. The molecular formula is C47H33N3. The molecule has 1 unspecified atom stereocenters. The first-order chi connectivity index (χ1) is 24.8. The third-order valence-electron chi connectivity index (χ3n) is 9.49. The zero-order valence-electron chi connectivity index (χ0n) is 27.4. The molecule has 8 aromatic carbocycles. The summed E-state index contributed by atoms with van der Waals surface area (Å²) in [5, 5.41) is 8.34. The molecule has 0 saturated heterocycles. The second kappa shape index (κ2) is 12.8. The minimum Gasteiger partial charge on any atom is -0.324 e. The SMILES string of the molecule is c1ccc(C2=NC(c3ccc4cc(-c5ccccc5)cc(-c5ccccc5)c4c3)N=C(c3ccc4c(-c5ccccc5)cccc4c3)N2)cc1. The molecule has 1 aliphatic rings. The molecule has 1 atom stereocenters. The van der Waals surface area contributed by atoms with Gasteiger partial charge in [-0.3, -0.25) is 0 Å². The van der Waals surface area contributed by atoms with Gasteiger partial charge in [-0.25, -0.2) is 9.98 Å². The molecule has 50 heavy (non-hydrogen) atoms. The highest BCUT2D eigenvalue weighted by molar-refractivity contribution is 6.17. The molecule has 1 N–H and O–H groups in total. The minimum absolute atomic E-state index is 0.422. The maximum atomic E-state index is 5.28. The molecule has 1 aliphatic heterocycles. The van der Waals surface area contributed by atoms with Gasteiger partial charge in [0, 0.05) is 11.1 Å². The van der Waals surface area contributed by atoms with E-state index in [0.717, 1.165) is 28.4 Å². The Kier molecular flexibility index (Phi) is 7.56. The van der Waals surface area contributed by atoms with Crippen LogP contribution in [0.1, 0.15) is 22.9 Å². The molecule has 0 aliphatic carbocycles. The van der Waals surface area contributed by atoms with Gasteiger partial charge in [0.25, 0.3) is 0 Å². The van der Waals surface area contributed by atoms with Crippen LogP contribution in [0.5, 0.6) is 0 Å². The lowest BCUT2D eigenvalue weighted by Gasteiger charge is -2.23. The standard InChI is InChI=1S/C47H33N3/c1-5-14-32(15-6-1)40-29-37-24-25-39(30-44(37)43(31-40)34-18-9-3-10-19-34)47-49-45(35-20-11-4-12-21-35)48-46(50-47)38-26-27-42-36(28-38)22-13-23-41(42)33-16-7-2-8-17-33/h1-31,47H,(H,48,49,50). The fraction of sp³-hybridized carbons (Fsp3) is 0.0213. The summed E-state index contributed by atoms with van der Waals surface area (Å²) in [4.78, 5) is 10.5. The van der Waals surface area contributed by atoms with E-state index in [1.165, 1.54) is 54.9 Å². The topological polar surface area (TPSA) is 36.8 Å². The highest BCUT2D eigenvalue weighted by Gasteiger charge is 2.22. The Morgan fingerprint density at radius 3 is 1.58 bits per heavy atom. The van der Waals surface area contributed by atoms with Crippen LogP contribution < -0.4 is 5.32 Å². The fourth-order valence-electron chi connectivity index (χ4n) is 6.98. The second-order valence-electron chi connectivity index (χ2n) is 12.7. The Morgan fingerprint density at radius 2 is 0.900 bits per heavy atom. The van der Waals surface area contributed by atoms with Crippen molar-refractivity contribution in [2.45, 2.75) is 6.17 Å². The number of hydrogen-bond acceptors (Lipinski definition) is 3. The van der Waals surface area contributed by atoms with Crippen molar-refractivity contribution in [2.75, 3.05) is 0 Å². The van der Waals surface area contributed by atoms with Crippen LogP contribution in [0.25, 0.3) is 54.9 Å². The summed E-state index contributed by atoms with van der Waals surface area (Å²) >= 11 is 0. The smallest absolute Gasteiger partial charge is 0.169 e. The highest BCUT2D eigenvalue weighted by atomic mass is 15.2. The summed E-state index contributed by atoms with van der Waals surface area (Å²) in [6.07, 6.45) is -0.422. The van der Waals surface area contributed by atoms with E-state index >= 15 is 0 Å². The van der Waals surface area contributed by atoms with Crippen LogP contribution in [0.4, 0.5) is 0 Å². The summed E-state index contributed by atoms with van der Waals surface area (Å²) in [5.41, 5.74) is 10.3. The first-order valence-corrected chi connectivity index (χ1v) is 17.0. The van der Waals surface area contributed by atoms with Crippen molar-refractivity contribution in [2.24, 2.45) is 9.98 Å². The average Bonchev–Trinajstić information content (AvgIpc) is 3.21. The molecule has 3 heteroatoms. The van der Waals surface area contributed by atoms with Crippen molar-refractivity contribution >= 4 is 33.2 Å². The Bertz CT molecular complexity index is 2540. The first kappa shape index (κ1) is 29.6. The van der Waals surface area contributed by atoms with E-state index in [0.29, 0.717) is 0 Å². The lowest BCUT2D eigenvalue weighted by Crippen LogP contribution is -2.36. The van der Waals surface area contributed by atoms with Gasteiger partial charge in [0.1, 0.15) is 11.7 Å². The summed E-state index contributed by atoms with van der Waals surface area (Å²) in [6.45, 7) is 0. The average molecular weight is 640 g/mol. The minimum atomic E-state index is -0.422. The Morgan fingerprint density at radius 1 is 0.340 bits per heavy atom. The van der Waals surface area contributed by atoms with Gasteiger partial charge in [0.05, 0.1) is 0 Å². The Balaban J connectivity index is 1.18. The highest BCUT2D eigenvalue weighted by Crippen LogP contribution is 2.37. The summed E-state index contributed by atoms with van der Waals surface area (Å²) in [6, 6.07) is 66.5. The third kappa shape index (κ3) is 5.65. The molecule has 236 valence electrons. The predicted octanol–water partition coefficient (Wildman–Crippen LogP) is 11.5. The van der Waals surface area contributed by atoms with E-state index in [4.69, 9.17) is 9.98 Å². The zero-order chi connectivity index (χ0) is 33.3. The molecule has 9 rings (SSSR count). The lowest BCUT2D eigenvalue weighted by molar-refractivity contribution is 0.757. The van der Waals surface area contributed by atoms with Crippen LogP contribution in [0.2, 0.25) is 0 Å². The maximum Gasteiger partial charge on any atom is 0.169 e. The van der Waals surface area contributed by atoms with Gasteiger partial charge in [-0.1, -0.05) is 164 Å². The van der Waals surface area contributed by atoms with Gasteiger partial charge in [-0.05, 0) is 84.8 Å². The van der Waals surface area contributed by atoms with Gasteiger partial charge < -0.3 is 5.32 Å². The van der Waals surface area contributed by atoms with Crippen molar-refractivity contribution in [1.82, 2.24) is 5.32 Å². The summed E-state index contributed by atoms with van der Waals surface area (Å²) in [5.74, 6) is 1.61. The number of amidine groups is 2. The maximum absolute atomic E-state index is 5.28. The van der Waals surface area contributed by atoms with Crippen molar-refractivity contribution in [3.63, 3.8) is 0 Å². The van der Waals surface area contributed by atoms with E-state index in [1.54, 1.807) is 0 Å². The van der Waals surface area contributed by atoms with Crippen molar-refractivity contribution < 1.29 is 0 Å². The molecule has 0 spiro atoms. The normalized spacial score (nSPS) is 14.2. The summed E-state index contributed by atoms with van der Waals surface area (Å²) in [7, 11) is 0. The van der Waals surface area contributed by atoms with E-state index < -0.39 is 6.17 Å². The molecule has 8 aromatic rings. The molecule has 0 saturated carbocycles. The van der Waals surface area contributed by atoms with E-state index in [2.05, 4.69) is 175 Å². The Hall–Kier alpha value is -6.58. The van der Waals surface area contributed by atoms with Crippen molar-refractivity contribution in [3.05, 3.63) is 205 Å². The van der Waals surface area contributed by atoms with Crippen LogP contribution in [0, 0.1) is 0 Å². The third-order valence-corrected chi connectivity index (χ3v) is 9.49. The van der Waals surface area contributed by atoms with Gasteiger partial charge >= 0.3 is 0 Å². The van der Waals surface area contributed by atoms with Crippen LogP contribution in [-0.4, -0.2) is 11.7 Å². The van der Waals surface area contributed by atoms with Crippen LogP contribution in [0.3, 0.4) is 0 Å². The zero-order valence-corrected chi connectivity index (χ0v) is 27.4. The largest absolute Gasteiger partial charge is 0.324 e. The van der Waals surface area contributed by atoms with Crippen LogP contribution in [-0.2, 0) is 0 Å². The molecule has 3 nitrogen and oxygen atoms in total. The van der Waals surface area contributed by atoms with E-state index in [-0.39, 0.29) is 0 Å². The second-order valence-corrected chi connectivity index (χ2v) is 12.7. The Labute approximate surface area is 292 Å². The lowest BCUT2D eigenvalue weighted by atomic mass is 9.91. The number of hydrogen-bond donors (Lipinski definition) is 1. The first-order valence-electron chi connectivity index (χ1n) is 17.0. The van der Waals surface area contributed by atoms with E-state index in [1.807, 2.05) is 18.2 Å². The number of fused-ring (bicyclic) bond motifs is 2. The molecule has 0 aromatic heterocycles. The molecular weight excluding hydrogens is 607 g/mol. The monoisotopic (exact) mass is 639 g/mol. The predicted molar refractivity (Wildman–Crippen MR) is 210 cm³/mol. The summed E-state index contributed by atoms with van der Waals surface area (Å²) < 4.78 is 0. The van der Waals surface area contributed by atoms with Crippen LogP contribution in [0.15, 0.2) is 198 Å². The van der Waals surface area contributed by atoms with E-state index in [9.17, 15) is 0 Å². The quantitative estimate of drug-likeness (QED) is 0.193. The van der Waals surface area contributed by atoms with Gasteiger partial charge in [-0.2, -0.15) is 0 Å². The van der Waals surface area contributed by atoms with Gasteiger partial charge in [0.2, 0.25) is 0 Å². The molecule has 0 bridgehead atoms. The van der Waals surface area contributed by atoms with Crippen LogP contribution >= 0.6 is 0 Å². The number of rotatable bonds is 6. The number of aliphatic imine (C=N–C) groups is 2. The molecule has 1 heterocycles. The molecule has 0 fully saturated rings. The van der Waals surface area contributed by atoms with Gasteiger partial charge in [0.15, 0.2) is 6.17 Å².